The number of para-hydroxylation sites is 1. The van der Waals surface area contributed by atoms with Crippen LogP contribution in [-0.4, -0.2) is 15.0 Å². The fraction of sp³-hybridized carbons (Fsp3) is 0.0238. The highest BCUT2D eigenvalue weighted by atomic mass is 16.4. The number of hydrogen-bond donors (Lipinski definition) is 1. The number of aromatic nitrogens is 3. The van der Waals surface area contributed by atoms with Crippen molar-refractivity contribution in [2.24, 2.45) is 0 Å². The van der Waals surface area contributed by atoms with Gasteiger partial charge in [-0.25, -0.2) is 15.0 Å². The molecule has 222 valence electrons. The molecule has 0 amide bonds. The lowest BCUT2D eigenvalue weighted by atomic mass is 9.93. The number of hydrogen-bond acceptors (Lipinski definition) is 5. The first kappa shape index (κ1) is 27.0. The molecule has 3 heterocycles. The van der Waals surface area contributed by atoms with Crippen molar-refractivity contribution in [1.29, 1.82) is 0 Å². The Morgan fingerprint density at radius 2 is 1.06 bits per heavy atom. The molecule has 0 fully saturated rings. The molecule has 0 bridgehead atoms. The van der Waals surface area contributed by atoms with Gasteiger partial charge in [0.2, 0.25) is 5.88 Å². The second-order valence-electron chi connectivity index (χ2n) is 11.7. The van der Waals surface area contributed by atoms with E-state index < -0.39 is 0 Å². The summed E-state index contributed by atoms with van der Waals surface area (Å²) in [4.78, 5) is 15.3. The third-order valence-corrected chi connectivity index (χ3v) is 8.78. The zero-order valence-corrected chi connectivity index (χ0v) is 25.3. The maximum Gasteiger partial charge on any atom is 0.202 e. The molecule has 2 aromatic heterocycles. The lowest BCUT2D eigenvalue weighted by Crippen LogP contribution is -2.15. The topological polar surface area (TPSA) is 63.8 Å². The van der Waals surface area contributed by atoms with Gasteiger partial charge < -0.3 is 9.73 Å². The van der Waals surface area contributed by atoms with Crippen molar-refractivity contribution in [3.63, 3.8) is 0 Å². The maximum atomic E-state index is 6.44. The zero-order valence-electron chi connectivity index (χ0n) is 25.3. The zero-order chi connectivity index (χ0) is 31.2. The molecule has 47 heavy (non-hydrogen) atoms. The van der Waals surface area contributed by atoms with Crippen LogP contribution in [0.3, 0.4) is 0 Å². The fourth-order valence-corrected chi connectivity index (χ4v) is 6.40. The van der Waals surface area contributed by atoms with Gasteiger partial charge in [-0.2, -0.15) is 0 Å². The highest BCUT2D eigenvalue weighted by molar-refractivity contribution is 6.01. The second kappa shape index (κ2) is 11.2. The Labute approximate surface area is 271 Å². The summed E-state index contributed by atoms with van der Waals surface area (Å²) >= 11 is 0. The average Bonchev–Trinajstić information content (AvgIpc) is 3.53. The summed E-state index contributed by atoms with van der Waals surface area (Å²) in [6.07, 6.45) is 2.22. The summed E-state index contributed by atoms with van der Waals surface area (Å²) in [7, 11) is 0. The Morgan fingerprint density at radius 3 is 1.83 bits per heavy atom. The van der Waals surface area contributed by atoms with Crippen LogP contribution in [0.5, 0.6) is 0 Å². The molecule has 0 saturated carbocycles. The number of furan rings is 1. The first-order chi connectivity index (χ1) is 23.3. The van der Waals surface area contributed by atoms with E-state index in [9.17, 15) is 0 Å². The van der Waals surface area contributed by atoms with Crippen molar-refractivity contribution < 1.29 is 4.42 Å². The first-order valence-corrected chi connectivity index (χ1v) is 15.7. The summed E-state index contributed by atoms with van der Waals surface area (Å²) < 4.78 is 6.44. The fourth-order valence-electron chi connectivity index (χ4n) is 6.40. The van der Waals surface area contributed by atoms with Gasteiger partial charge in [0.15, 0.2) is 17.5 Å². The molecule has 1 unspecified atom stereocenters. The van der Waals surface area contributed by atoms with Gasteiger partial charge in [0.05, 0.1) is 11.6 Å². The molecule has 1 atom stereocenters. The predicted octanol–water partition coefficient (Wildman–Crippen LogP) is 10.4. The van der Waals surface area contributed by atoms with Crippen LogP contribution in [-0.2, 0) is 0 Å². The number of fused-ring (bicyclic) bond motifs is 4. The van der Waals surface area contributed by atoms with Crippen LogP contribution in [0.15, 0.2) is 162 Å². The smallest absolute Gasteiger partial charge is 0.202 e. The van der Waals surface area contributed by atoms with E-state index in [4.69, 9.17) is 19.4 Å². The van der Waals surface area contributed by atoms with Crippen LogP contribution in [0.25, 0.3) is 61.2 Å². The lowest BCUT2D eigenvalue weighted by Gasteiger charge is -2.23. The Morgan fingerprint density at radius 1 is 0.489 bits per heavy atom. The van der Waals surface area contributed by atoms with Crippen LogP contribution in [0.4, 0.5) is 5.88 Å². The Balaban J connectivity index is 1.23. The third kappa shape index (κ3) is 4.95. The maximum absolute atomic E-state index is 6.44. The normalized spacial score (nSPS) is 14.0. The van der Waals surface area contributed by atoms with E-state index in [-0.39, 0.29) is 6.04 Å². The van der Waals surface area contributed by atoms with E-state index in [0.29, 0.717) is 23.4 Å². The molecular weight excluding hydrogens is 576 g/mol. The van der Waals surface area contributed by atoms with Gasteiger partial charge in [-0.15, -0.1) is 0 Å². The second-order valence-corrected chi connectivity index (χ2v) is 11.7. The molecule has 0 spiro atoms. The minimum Gasteiger partial charge on any atom is -0.440 e. The van der Waals surface area contributed by atoms with E-state index in [1.165, 1.54) is 16.3 Å². The van der Waals surface area contributed by atoms with Crippen LogP contribution in [0.2, 0.25) is 0 Å². The van der Waals surface area contributed by atoms with Crippen molar-refractivity contribution in [3.8, 4) is 33.9 Å². The summed E-state index contributed by atoms with van der Waals surface area (Å²) in [5.74, 6) is 2.54. The quantitative estimate of drug-likeness (QED) is 0.212. The van der Waals surface area contributed by atoms with Crippen molar-refractivity contribution >= 4 is 33.2 Å². The van der Waals surface area contributed by atoms with Crippen molar-refractivity contribution in [2.45, 2.75) is 6.04 Å². The highest BCUT2D eigenvalue weighted by Gasteiger charge is 2.29. The van der Waals surface area contributed by atoms with E-state index in [0.717, 1.165) is 44.4 Å². The largest absolute Gasteiger partial charge is 0.440 e. The molecule has 1 aliphatic heterocycles. The minimum atomic E-state index is -0.159. The minimum absolute atomic E-state index is 0.159. The molecule has 8 aromatic rings. The number of benzene rings is 6. The van der Waals surface area contributed by atoms with Crippen molar-refractivity contribution in [1.82, 2.24) is 15.0 Å². The molecule has 1 N–H and O–H groups in total. The molecule has 5 heteroatoms. The molecule has 0 radical (unpaired) electrons. The monoisotopic (exact) mass is 604 g/mol. The van der Waals surface area contributed by atoms with Gasteiger partial charge >= 0.3 is 0 Å². The average molecular weight is 605 g/mol. The van der Waals surface area contributed by atoms with E-state index in [1.807, 2.05) is 54.6 Å². The molecule has 6 aromatic carbocycles. The molecule has 0 aliphatic carbocycles. The number of anilines is 1. The van der Waals surface area contributed by atoms with Crippen LogP contribution >= 0.6 is 0 Å². The number of nitrogens with one attached hydrogen (secondary N) is 1. The van der Waals surface area contributed by atoms with Crippen LogP contribution < -0.4 is 5.32 Å². The Kier molecular flexibility index (Phi) is 6.46. The predicted molar refractivity (Wildman–Crippen MR) is 190 cm³/mol. The van der Waals surface area contributed by atoms with Gasteiger partial charge in [-0.1, -0.05) is 140 Å². The standard InChI is InChI=1S/C42H28N4O/c1-3-11-27(12-4-1)29-19-22-31(23-20-29)40-44-39(30-14-5-2-6-15-30)45-41(46-40)35-26-36(33-24-21-28-13-7-8-16-32(28)25-33)43-42-38(35)34-17-9-10-18-37(34)47-42/h1-26,36,43H. The van der Waals surface area contributed by atoms with Gasteiger partial charge in [-0.05, 0) is 45.7 Å². The third-order valence-electron chi connectivity index (χ3n) is 8.78. The van der Waals surface area contributed by atoms with Gasteiger partial charge in [0.25, 0.3) is 0 Å². The highest BCUT2D eigenvalue weighted by Crippen LogP contribution is 2.44. The molecule has 5 nitrogen and oxygen atoms in total. The first-order valence-electron chi connectivity index (χ1n) is 15.7. The van der Waals surface area contributed by atoms with Gasteiger partial charge in [0.1, 0.15) is 5.58 Å². The SMILES string of the molecule is C1=C(c2nc(-c3ccccc3)nc(-c3ccc(-c4ccccc4)cc3)n2)c2c(oc3ccccc23)NC1c1ccc2ccccc2c1. The van der Waals surface area contributed by atoms with Crippen LogP contribution in [0, 0.1) is 0 Å². The molecule has 9 rings (SSSR count). The molecular formula is C42H28N4O. The Hall–Kier alpha value is -6.33. The summed E-state index contributed by atoms with van der Waals surface area (Å²) in [5.41, 5.74) is 7.95. The molecule has 0 saturated heterocycles. The van der Waals surface area contributed by atoms with Gasteiger partial charge in [0, 0.05) is 22.1 Å². The van der Waals surface area contributed by atoms with Crippen LogP contribution in [0.1, 0.15) is 23.0 Å². The van der Waals surface area contributed by atoms with Crippen molar-refractivity contribution in [2.75, 3.05) is 5.32 Å². The van der Waals surface area contributed by atoms with Gasteiger partial charge in [-0.3, -0.25) is 0 Å². The summed E-state index contributed by atoms with van der Waals surface area (Å²) in [5, 5.41) is 7.06. The van der Waals surface area contributed by atoms with E-state index in [2.05, 4.69) is 108 Å². The van der Waals surface area contributed by atoms with E-state index >= 15 is 0 Å². The van der Waals surface area contributed by atoms with E-state index in [1.54, 1.807) is 0 Å². The number of rotatable bonds is 5. The summed E-state index contributed by atoms with van der Waals surface area (Å²) in [6, 6.07) is 51.8. The number of nitrogens with zero attached hydrogens (tertiary/aromatic N) is 3. The Bertz CT molecular complexity index is 2430. The lowest BCUT2D eigenvalue weighted by molar-refractivity contribution is 0.618. The molecule has 1 aliphatic rings. The summed E-state index contributed by atoms with van der Waals surface area (Å²) in [6.45, 7) is 0. The van der Waals surface area contributed by atoms with Crippen molar-refractivity contribution in [3.05, 3.63) is 175 Å².